The van der Waals surface area contributed by atoms with Crippen molar-refractivity contribution < 1.29 is 4.39 Å². The number of hydrogen-bond donors (Lipinski definition) is 2. The van der Waals surface area contributed by atoms with Crippen molar-refractivity contribution in [3.05, 3.63) is 51.6 Å². The van der Waals surface area contributed by atoms with E-state index in [0.29, 0.717) is 39.4 Å². The maximum Gasteiger partial charge on any atom is 0.260 e. The Labute approximate surface area is 158 Å². The maximum absolute atomic E-state index is 13.1. The normalized spacial score (nSPS) is 12.2. The Kier molecular flexibility index (Phi) is 5.73. The number of benzene rings is 1. The van der Waals surface area contributed by atoms with E-state index in [1.807, 2.05) is 5.38 Å². The summed E-state index contributed by atoms with van der Waals surface area (Å²) in [4.78, 5) is 24.8. The van der Waals surface area contributed by atoms with Crippen LogP contribution in [0.2, 0.25) is 0 Å². The number of fused-ring (bicyclic) bond motifs is 1. The van der Waals surface area contributed by atoms with Crippen molar-refractivity contribution in [2.75, 3.05) is 6.54 Å². The molecule has 8 heteroatoms. The molecular formula is C18H19FN4OS2. The van der Waals surface area contributed by atoms with Crippen molar-refractivity contribution in [3.63, 3.8) is 0 Å². The highest BCUT2D eigenvalue weighted by molar-refractivity contribution is 8.13. The smallest absolute Gasteiger partial charge is 0.260 e. The second-order valence-electron chi connectivity index (χ2n) is 6.21. The number of aromatic amines is 1. The van der Waals surface area contributed by atoms with Gasteiger partial charge in [0.1, 0.15) is 16.5 Å². The zero-order valence-corrected chi connectivity index (χ0v) is 16.1. The van der Waals surface area contributed by atoms with Gasteiger partial charge in [-0.2, -0.15) is 0 Å². The van der Waals surface area contributed by atoms with Crippen LogP contribution in [-0.4, -0.2) is 21.7 Å². The highest BCUT2D eigenvalue weighted by Gasteiger charge is 2.13. The van der Waals surface area contributed by atoms with Gasteiger partial charge in [-0.15, -0.1) is 11.3 Å². The number of rotatable bonds is 5. The fraction of sp³-hybridized carbons (Fsp3) is 0.278. The lowest BCUT2D eigenvalue weighted by molar-refractivity contribution is 0.628. The summed E-state index contributed by atoms with van der Waals surface area (Å²) in [6, 6.07) is 6.08. The molecule has 3 rings (SSSR count). The molecule has 0 radical (unpaired) electrons. The first-order chi connectivity index (χ1) is 12.4. The Hall–Kier alpha value is -2.19. The fourth-order valence-corrected chi connectivity index (χ4v) is 3.92. The summed E-state index contributed by atoms with van der Waals surface area (Å²) in [5.74, 6) is 1.14. The molecule has 2 heterocycles. The highest BCUT2D eigenvalue weighted by atomic mass is 32.2. The van der Waals surface area contributed by atoms with Gasteiger partial charge in [0.2, 0.25) is 0 Å². The number of amidine groups is 1. The van der Waals surface area contributed by atoms with Crippen molar-refractivity contribution in [2.45, 2.75) is 19.6 Å². The van der Waals surface area contributed by atoms with E-state index in [0.717, 1.165) is 11.1 Å². The predicted molar refractivity (Wildman–Crippen MR) is 108 cm³/mol. The van der Waals surface area contributed by atoms with E-state index in [4.69, 9.17) is 5.73 Å². The van der Waals surface area contributed by atoms with E-state index in [1.165, 1.54) is 35.2 Å². The number of aromatic nitrogens is 2. The monoisotopic (exact) mass is 390 g/mol. The molecule has 0 spiro atoms. The van der Waals surface area contributed by atoms with Crippen LogP contribution in [0.1, 0.15) is 19.7 Å². The van der Waals surface area contributed by atoms with Crippen LogP contribution in [0.25, 0.3) is 21.3 Å². The standard InChI is InChI=1S/C18H19FN4OS2/c1-10(2)7-21-18(20)26-9-14-22-16(24)15-13(8-25-17(15)23-14)11-3-5-12(19)6-4-11/h3-6,8,10H,7,9H2,1-2H3,(H2,20,21)(H,22,23,24). The minimum atomic E-state index is -0.309. The predicted octanol–water partition coefficient (Wildman–Crippen LogP) is 3.99. The van der Waals surface area contributed by atoms with Crippen molar-refractivity contribution in [1.82, 2.24) is 9.97 Å². The van der Waals surface area contributed by atoms with Crippen LogP contribution >= 0.6 is 23.1 Å². The number of nitrogens with one attached hydrogen (secondary N) is 1. The molecule has 0 saturated heterocycles. The molecule has 0 aliphatic rings. The average molecular weight is 391 g/mol. The number of hydrogen-bond acceptors (Lipinski definition) is 5. The maximum atomic E-state index is 13.1. The summed E-state index contributed by atoms with van der Waals surface area (Å²) in [7, 11) is 0. The van der Waals surface area contributed by atoms with E-state index in [9.17, 15) is 9.18 Å². The number of thioether (sulfide) groups is 1. The summed E-state index contributed by atoms with van der Waals surface area (Å²) >= 11 is 2.75. The average Bonchev–Trinajstić information content (AvgIpc) is 3.03. The molecule has 2 aromatic heterocycles. The van der Waals surface area contributed by atoms with Gasteiger partial charge in [0.25, 0.3) is 5.56 Å². The summed E-state index contributed by atoms with van der Waals surface area (Å²) in [6.07, 6.45) is 0. The van der Waals surface area contributed by atoms with Crippen LogP contribution in [0.15, 0.2) is 39.4 Å². The van der Waals surface area contributed by atoms with Crippen molar-refractivity contribution in [3.8, 4) is 11.1 Å². The van der Waals surface area contributed by atoms with Crippen LogP contribution in [0.5, 0.6) is 0 Å². The van der Waals surface area contributed by atoms with E-state index in [1.54, 1.807) is 12.1 Å². The fourth-order valence-electron chi connectivity index (χ4n) is 2.36. The van der Waals surface area contributed by atoms with E-state index in [-0.39, 0.29) is 11.4 Å². The van der Waals surface area contributed by atoms with Gasteiger partial charge in [0.05, 0.1) is 11.1 Å². The zero-order chi connectivity index (χ0) is 18.7. The van der Waals surface area contributed by atoms with Crippen LogP contribution < -0.4 is 11.3 Å². The van der Waals surface area contributed by atoms with Crippen LogP contribution in [0, 0.1) is 11.7 Å². The molecule has 26 heavy (non-hydrogen) atoms. The van der Waals surface area contributed by atoms with Gasteiger partial charge in [0.15, 0.2) is 5.17 Å². The molecule has 0 saturated carbocycles. The molecule has 0 unspecified atom stereocenters. The number of halogens is 1. The summed E-state index contributed by atoms with van der Waals surface area (Å²) in [5, 5.41) is 2.88. The third kappa shape index (κ3) is 4.31. The van der Waals surface area contributed by atoms with Crippen LogP contribution in [0.3, 0.4) is 0 Å². The van der Waals surface area contributed by atoms with Gasteiger partial charge in [-0.25, -0.2) is 9.37 Å². The molecule has 0 atom stereocenters. The van der Waals surface area contributed by atoms with E-state index >= 15 is 0 Å². The molecule has 3 N–H and O–H groups in total. The van der Waals surface area contributed by atoms with Crippen molar-refractivity contribution >= 4 is 38.5 Å². The first kappa shape index (κ1) is 18.6. The van der Waals surface area contributed by atoms with Gasteiger partial charge in [-0.1, -0.05) is 37.7 Å². The molecular weight excluding hydrogens is 371 g/mol. The number of aliphatic imine (C=N–C) groups is 1. The van der Waals surface area contributed by atoms with Gasteiger partial charge >= 0.3 is 0 Å². The van der Waals surface area contributed by atoms with Crippen molar-refractivity contribution in [1.29, 1.82) is 0 Å². The second-order valence-corrected chi connectivity index (χ2v) is 8.06. The van der Waals surface area contributed by atoms with Gasteiger partial charge < -0.3 is 10.7 Å². The zero-order valence-electron chi connectivity index (χ0n) is 14.5. The lowest BCUT2D eigenvalue weighted by Gasteiger charge is -2.04. The Morgan fingerprint density at radius 1 is 1.38 bits per heavy atom. The summed E-state index contributed by atoms with van der Waals surface area (Å²) in [6.45, 7) is 4.82. The lowest BCUT2D eigenvalue weighted by atomic mass is 10.1. The number of nitrogens with zero attached hydrogens (tertiary/aromatic N) is 2. The topological polar surface area (TPSA) is 84.1 Å². The number of H-pyrrole nitrogens is 1. The first-order valence-electron chi connectivity index (χ1n) is 8.13. The number of thiophene rings is 1. The Morgan fingerprint density at radius 2 is 2.12 bits per heavy atom. The summed E-state index contributed by atoms with van der Waals surface area (Å²) < 4.78 is 13.1. The number of nitrogens with two attached hydrogens (primary N) is 1. The molecule has 3 aromatic rings. The SMILES string of the molecule is CC(C)CN=C(N)SCc1nc2scc(-c3ccc(F)cc3)c2c(=O)[nH]1. The third-order valence-corrected chi connectivity index (χ3v) is 5.33. The molecule has 1 aromatic carbocycles. The lowest BCUT2D eigenvalue weighted by Crippen LogP contribution is -2.13. The molecule has 136 valence electrons. The first-order valence-corrected chi connectivity index (χ1v) is 9.99. The minimum absolute atomic E-state index is 0.205. The Balaban J connectivity index is 1.85. The van der Waals surface area contributed by atoms with Crippen molar-refractivity contribution in [2.24, 2.45) is 16.6 Å². The third-order valence-electron chi connectivity index (χ3n) is 3.62. The Bertz CT molecular complexity index is 993. The van der Waals surface area contributed by atoms with E-state index < -0.39 is 0 Å². The molecule has 5 nitrogen and oxygen atoms in total. The molecule has 0 bridgehead atoms. The second kappa shape index (κ2) is 8.01. The Morgan fingerprint density at radius 3 is 2.81 bits per heavy atom. The molecule has 0 aliphatic heterocycles. The summed E-state index contributed by atoms with van der Waals surface area (Å²) in [5.41, 5.74) is 7.22. The van der Waals surface area contributed by atoms with Gasteiger partial charge in [0, 0.05) is 17.5 Å². The molecule has 0 amide bonds. The molecule has 0 aliphatic carbocycles. The van der Waals surface area contributed by atoms with Gasteiger partial charge in [-0.3, -0.25) is 9.79 Å². The van der Waals surface area contributed by atoms with Crippen LogP contribution in [-0.2, 0) is 5.75 Å². The largest absolute Gasteiger partial charge is 0.379 e. The van der Waals surface area contributed by atoms with E-state index in [2.05, 4.69) is 28.8 Å². The molecule has 0 fully saturated rings. The van der Waals surface area contributed by atoms with Gasteiger partial charge in [-0.05, 0) is 23.6 Å². The quantitative estimate of drug-likeness (QED) is 0.509. The highest BCUT2D eigenvalue weighted by Crippen LogP contribution is 2.31. The van der Waals surface area contributed by atoms with Crippen LogP contribution in [0.4, 0.5) is 4.39 Å². The minimum Gasteiger partial charge on any atom is -0.379 e.